The molecule has 0 aliphatic carbocycles. The van der Waals surface area contributed by atoms with E-state index in [1.54, 1.807) is 0 Å². The van der Waals surface area contributed by atoms with Gasteiger partial charge in [-0.15, -0.1) is 0 Å². The summed E-state index contributed by atoms with van der Waals surface area (Å²) in [5.41, 5.74) is 2.42. The predicted molar refractivity (Wildman–Crippen MR) is 97.4 cm³/mol. The molecule has 3 nitrogen and oxygen atoms in total. The minimum atomic E-state index is -0.359. The maximum Gasteiger partial charge on any atom is 0.494 e. The topological polar surface area (TPSA) is 27.7 Å². The summed E-state index contributed by atoms with van der Waals surface area (Å²) in [5.74, 6) is 0.911. The lowest BCUT2D eigenvalue weighted by atomic mass is 9.77. The van der Waals surface area contributed by atoms with Gasteiger partial charge in [0.1, 0.15) is 5.75 Å². The van der Waals surface area contributed by atoms with Crippen LogP contribution in [0, 0.1) is 6.92 Å². The van der Waals surface area contributed by atoms with Crippen molar-refractivity contribution in [2.24, 2.45) is 0 Å². The summed E-state index contributed by atoms with van der Waals surface area (Å²) in [4.78, 5) is 0. The zero-order valence-corrected chi connectivity index (χ0v) is 15.4. The fraction of sp³-hybridized carbons (Fsp3) is 0.579. The summed E-state index contributed by atoms with van der Waals surface area (Å²) in [5, 5.41) is 0. The Kier molecular flexibility index (Phi) is 5.27. The van der Waals surface area contributed by atoms with E-state index < -0.39 is 0 Å². The van der Waals surface area contributed by atoms with Gasteiger partial charge in [0.15, 0.2) is 0 Å². The molecule has 23 heavy (non-hydrogen) atoms. The first kappa shape index (κ1) is 18.1. The van der Waals surface area contributed by atoms with E-state index in [9.17, 15) is 0 Å². The van der Waals surface area contributed by atoms with Gasteiger partial charge in [-0.3, -0.25) is 0 Å². The van der Waals surface area contributed by atoms with Crippen molar-refractivity contribution >= 4 is 18.7 Å². The van der Waals surface area contributed by atoms with E-state index in [0.29, 0.717) is 0 Å². The van der Waals surface area contributed by atoms with Gasteiger partial charge >= 0.3 is 7.12 Å². The lowest BCUT2D eigenvalue weighted by Gasteiger charge is -2.32. The number of aryl methyl sites for hydroxylation is 1. The number of unbranched alkanes of at least 4 members (excludes halogenated alkanes) is 1. The first-order chi connectivity index (χ1) is 10.7. The molecule has 4 heteroatoms. The van der Waals surface area contributed by atoms with Crippen molar-refractivity contribution in [3.05, 3.63) is 29.8 Å². The van der Waals surface area contributed by atoms with E-state index in [2.05, 4.69) is 60.3 Å². The van der Waals surface area contributed by atoms with Gasteiger partial charge in [-0.25, -0.2) is 0 Å². The largest absolute Gasteiger partial charge is 0.494 e. The fourth-order valence-corrected chi connectivity index (χ4v) is 2.61. The van der Waals surface area contributed by atoms with Crippen LogP contribution in [0.3, 0.4) is 0 Å². The highest BCUT2D eigenvalue weighted by Crippen LogP contribution is 2.37. The third-order valence-electron chi connectivity index (χ3n) is 4.82. The third kappa shape index (κ3) is 3.64. The quantitative estimate of drug-likeness (QED) is 0.584. The molecule has 1 aromatic rings. The Morgan fingerprint density at radius 1 is 1.17 bits per heavy atom. The van der Waals surface area contributed by atoms with Gasteiger partial charge in [0.05, 0.1) is 17.8 Å². The van der Waals surface area contributed by atoms with Gasteiger partial charge < -0.3 is 14.0 Å². The molecule has 1 fully saturated rings. The first-order valence-electron chi connectivity index (χ1n) is 8.47. The highest BCUT2D eigenvalue weighted by atomic mass is 16.7. The van der Waals surface area contributed by atoms with E-state index in [-0.39, 0.29) is 18.3 Å². The highest BCUT2D eigenvalue weighted by molar-refractivity contribution is 6.62. The van der Waals surface area contributed by atoms with Crippen LogP contribution >= 0.6 is 0 Å². The van der Waals surface area contributed by atoms with Crippen LogP contribution in [0.25, 0.3) is 6.08 Å². The highest BCUT2D eigenvalue weighted by Gasteiger charge is 2.51. The summed E-state index contributed by atoms with van der Waals surface area (Å²) in [6.45, 7) is 17.1. The maximum atomic E-state index is 6.15. The summed E-state index contributed by atoms with van der Waals surface area (Å²) in [6, 6.07) is 4.15. The smallest absolute Gasteiger partial charge is 0.493 e. The van der Waals surface area contributed by atoms with Crippen LogP contribution in [0.5, 0.6) is 5.75 Å². The lowest BCUT2D eigenvalue weighted by molar-refractivity contribution is 0.00578. The van der Waals surface area contributed by atoms with Gasteiger partial charge in [-0.1, -0.05) is 38.1 Å². The van der Waals surface area contributed by atoms with Crippen LogP contribution in [-0.2, 0) is 9.31 Å². The summed E-state index contributed by atoms with van der Waals surface area (Å²) in [7, 11) is -0.359. The molecular formula is C19H29BO3. The van der Waals surface area contributed by atoms with Gasteiger partial charge in [0.25, 0.3) is 0 Å². The minimum Gasteiger partial charge on any atom is -0.493 e. The zero-order valence-electron chi connectivity index (χ0n) is 15.4. The van der Waals surface area contributed by atoms with E-state index in [1.165, 1.54) is 0 Å². The van der Waals surface area contributed by atoms with Gasteiger partial charge in [-0.2, -0.15) is 0 Å². The third-order valence-corrected chi connectivity index (χ3v) is 4.82. The van der Waals surface area contributed by atoms with Gasteiger partial charge in [-0.05, 0) is 52.1 Å². The molecule has 1 aliphatic heterocycles. The average Bonchev–Trinajstić information content (AvgIpc) is 2.69. The van der Waals surface area contributed by atoms with E-state index in [1.807, 2.05) is 6.08 Å². The Hall–Kier alpha value is -1.26. The molecule has 1 saturated heterocycles. The number of benzene rings is 1. The van der Waals surface area contributed by atoms with E-state index >= 15 is 0 Å². The number of rotatable bonds is 6. The van der Waals surface area contributed by atoms with Crippen LogP contribution in [0.15, 0.2) is 18.7 Å². The molecule has 0 aromatic heterocycles. The molecule has 0 N–H and O–H groups in total. The molecule has 1 heterocycles. The molecule has 1 aliphatic rings. The van der Waals surface area contributed by atoms with Crippen molar-refractivity contribution in [1.29, 1.82) is 0 Å². The summed E-state index contributed by atoms with van der Waals surface area (Å²) >= 11 is 0. The van der Waals surface area contributed by atoms with E-state index in [4.69, 9.17) is 14.0 Å². The molecule has 0 atom stereocenters. The normalized spacial score (nSPS) is 19.0. The lowest BCUT2D eigenvalue weighted by Crippen LogP contribution is -2.41. The molecule has 0 saturated carbocycles. The van der Waals surface area contributed by atoms with Gasteiger partial charge in [0.2, 0.25) is 0 Å². The van der Waals surface area contributed by atoms with Crippen molar-refractivity contribution in [3.8, 4) is 5.75 Å². The van der Waals surface area contributed by atoms with Gasteiger partial charge in [0, 0.05) is 5.56 Å². The molecule has 126 valence electrons. The minimum absolute atomic E-state index is 0.337. The second kappa shape index (κ2) is 6.70. The van der Waals surface area contributed by atoms with Crippen molar-refractivity contribution in [1.82, 2.24) is 0 Å². The zero-order chi connectivity index (χ0) is 17.3. The molecule has 2 rings (SSSR count). The molecule has 0 amide bonds. The summed E-state index contributed by atoms with van der Waals surface area (Å²) in [6.07, 6.45) is 4.01. The van der Waals surface area contributed by atoms with Crippen molar-refractivity contribution in [2.45, 2.75) is 65.6 Å². The molecule has 0 spiro atoms. The Balaban J connectivity index is 2.29. The van der Waals surface area contributed by atoms with Crippen molar-refractivity contribution in [2.75, 3.05) is 6.61 Å². The van der Waals surface area contributed by atoms with Crippen LogP contribution < -0.4 is 10.2 Å². The Bertz CT molecular complexity index is 562. The standard InChI is InChI=1S/C19H29BO3/c1-8-10-11-21-17-14(3)12-16(13-15(17)9-2)20-22-18(4,5)19(6,7)23-20/h9,12-13H,2,8,10-11H2,1,3-7H3. The average molecular weight is 316 g/mol. The van der Waals surface area contributed by atoms with E-state index in [0.717, 1.165) is 41.8 Å². The number of ether oxygens (including phenoxy) is 1. The maximum absolute atomic E-state index is 6.15. The number of hydrogen-bond donors (Lipinski definition) is 0. The van der Waals surface area contributed by atoms with Crippen LogP contribution in [0.2, 0.25) is 0 Å². The monoisotopic (exact) mass is 316 g/mol. The Morgan fingerprint density at radius 3 is 2.30 bits per heavy atom. The molecule has 0 unspecified atom stereocenters. The Labute approximate surface area is 141 Å². The molecular weight excluding hydrogens is 287 g/mol. The molecule has 1 aromatic carbocycles. The second-order valence-corrected chi connectivity index (χ2v) is 7.25. The van der Waals surface area contributed by atoms with Crippen LogP contribution in [-0.4, -0.2) is 24.9 Å². The SMILES string of the molecule is C=Cc1cc(B2OC(C)(C)C(C)(C)O2)cc(C)c1OCCCC. The van der Waals surface area contributed by atoms with Crippen LogP contribution in [0.4, 0.5) is 0 Å². The molecule has 0 radical (unpaired) electrons. The molecule has 0 bridgehead atoms. The van der Waals surface area contributed by atoms with Crippen molar-refractivity contribution < 1.29 is 14.0 Å². The Morgan fingerprint density at radius 2 is 1.78 bits per heavy atom. The fourth-order valence-electron chi connectivity index (χ4n) is 2.61. The number of hydrogen-bond acceptors (Lipinski definition) is 3. The summed E-state index contributed by atoms with van der Waals surface area (Å²) < 4.78 is 18.2. The van der Waals surface area contributed by atoms with Crippen LogP contribution in [0.1, 0.15) is 58.6 Å². The first-order valence-corrected chi connectivity index (χ1v) is 8.47. The van der Waals surface area contributed by atoms with Crippen molar-refractivity contribution in [3.63, 3.8) is 0 Å². The predicted octanol–water partition coefficient (Wildman–Crippen LogP) is 4.12. The second-order valence-electron chi connectivity index (χ2n) is 7.25.